The number of carbonyl (C=O) groups excluding carboxylic acids is 4. The maximum absolute atomic E-state index is 16.7. The normalized spacial score (nSPS) is 27.9. The summed E-state index contributed by atoms with van der Waals surface area (Å²) in [6.45, 7) is 3.29. The lowest BCUT2D eigenvalue weighted by atomic mass is 9.90. The molecule has 0 radical (unpaired) electrons. The zero-order chi connectivity index (χ0) is 55.5. The average Bonchev–Trinajstić information content (AvgIpc) is 4.55. The number of hydrogen-bond donors (Lipinski definition) is 4. The summed E-state index contributed by atoms with van der Waals surface area (Å²) in [4.78, 5) is 81.2. The van der Waals surface area contributed by atoms with Crippen LogP contribution < -0.4 is 20.4 Å². The Kier molecular flexibility index (Phi) is 15.0. The van der Waals surface area contributed by atoms with Gasteiger partial charge in [-0.3, -0.25) is 9.59 Å². The molecule has 8 heterocycles. The predicted octanol–water partition coefficient (Wildman–Crippen LogP) is 9.98. The molecule has 0 bridgehead atoms. The Morgan fingerprint density at radius 2 is 1.04 bits per heavy atom. The van der Waals surface area contributed by atoms with Crippen LogP contribution in [-0.4, -0.2) is 132 Å². The van der Waals surface area contributed by atoms with Gasteiger partial charge in [0.05, 0.1) is 60.5 Å². The number of rotatable bonds is 12. The molecule has 4 amide bonds. The molecule has 2 saturated carbocycles. The van der Waals surface area contributed by atoms with Crippen molar-refractivity contribution in [2.24, 2.45) is 23.7 Å². The number of piperidine rings is 1. The molecular formula is C61H76F2N10O8. The first-order chi connectivity index (χ1) is 39.5. The molecule has 10 atom stereocenters. The molecule has 8 aliphatic rings. The zero-order valence-electron chi connectivity index (χ0n) is 46.5. The van der Waals surface area contributed by atoms with Gasteiger partial charge in [-0.05, 0) is 168 Å². The molecule has 4 N–H and O–H groups in total. The van der Waals surface area contributed by atoms with E-state index in [2.05, 4.69) is 49.8 Å². The van der Waals surface area contributed by atoms with Crippen molar-refractivity contribution in [3.05, 3.63) is 82.9 Å². The van der Waals surface area contributed by atoms with E-state index in [1.165, 1.54) is 26.4 Å². The molecule has 18 nitrogen and oxygen atoms in total. The predicted molar refractivity (Wildman–Crippen MR) is 298 cm³/mol. The summed E-state index contributed by atoms with van der Waals surface area (Å²) in [5.74, 6) is 0.439. The quantitative estimate of drug-likeness (QED) is 0.0923. The number of likely N-dealkylation sites (tertiary alicyclic amines) is 2. The minimum Gasteiger partial charge on any atom is -0.453 e. The molecule has 13 rings (SSSR count). The van der Waals surface area contributed by atoms with Crippen molar-refractivity contribution >= 4 is 57.4 Å². The van der Waals surface area contributed by atoms with Crippen LogP contribution in [0.5, 0.6) is 0 Å². The lowest BCUT2D eigenvalue weighted by molar-refractivity contribution is -0.140. The third-order valence-corrected chi connectivity index (χ3v) is 19.9. The van der Waals surface area contributed by atoms with Gasteiger partial charge in [0.15, 0.2) is 11.6 Å². The Morgan fingerprint density at radius 1 is 0.580 bits per heavy atom. The largest absolute Gasteiger partial charge is 0.453 e. The number of aromatic nitrogens is 4. The van der Waals surface area contributed by atoms with Crippen LogP contribution in [0, 0.1) is 35.3 Å². The third kappa shape index (κ3) is 10.1. The number of alkyl carbamates (subject to hydrolysis) is 2. The standard InChI is InChI=1S/C61H76F2N10O8/c1-78-60(76)68-53(34-18-24-80-25-19-34)58(74)72-47-10-6-8-36(47)30-51(72)56-64-43-14-12-38(28-45(43)66-56)49-16-17-50(71(49)40-32-41(62)55(42(63)33-40)70-22-4-3-5-23-70)39-13-15-44-46(29-39)67-57(65-44)52-31-37-9-7-11-48(37)73(52)59(75)54(69-61(77)79-2)35-20-26-81-27-21-35/h12-15,28-29,32-37,47-54H,3-11,16-27,30-31H2,1-2H3,(H,64,66)(H,65,67)(H,68,76)(H,69,77)/t36-,37-,47-,48-,49+,50+,51-,52-,53-,54?/m0/s1. The lowest BCUT2D eigenvalue weighted by Crippen LogP contribution is -2.55. The number of aromatic amines is 2. The topological polar surface area (TPSA) is 200 Å². The van der Waals surface area contributed by atoms with Crippen LogP contribution in [0.15, 0.2) is 48.5 Å². The highest BCUT2D eigenvalue weighted by atomic mass is 19.1. The molecule has 1 unspecified atom stereocenters. The van der Waals surface area contributed by atoms with Gasteiger partial charge >= 0.3 is 12.2 Å². The molecule has 5 aromatic rings. The van der Waals surface area contributed by atoms with Gasteiger partial charge in [-0.1, -0.05) is 25.0 Å². The summed E-state index contributed by atoms with van der Waals surface area (Å²) in [6.07, 6.45) is 12.9. The molecule has 2 aliphatic carbocycles. The molecule has 6 aliphatic heterocycles. The van der Waals surface area contributed by atoms with Gasteiger partial charge in [0, 0.05) is 57.3 Å². The molecule has 2 aromatic heterocycles. The van der Waals surface area contributed by atoms with Crippen LogP contribution in [-0.2, 0) is 28.5 Å². The number of methoxy groups -OCH3 is 2. The van der Waals surface area contributed by atoms with Gasteiger partial charge in [-0.25, -0.2) is 28.3 Å². The first-order valence-electron chi connectivity index (χ1n) is 30.0. The van der Waals surface area contributed by atoms with Crippen molar-refractivity contribution in [3.8, 4) is 0 Å². The first kappa shape index (κ1) is 53.8. The maximum Gasteiger partial charge on any atom is 0.407 e. The molecule has 8 fully saturated rings. The Balaban J connectivity index is 0.826. The number of carbonyl (C=O) groups is 4. The Labute approximate surface area is 470 Å². The van der Waals surface area contributed by atoms with E-state index in [4.69, 9.17) is 28.9 Å². The highest BCUT2D eigenvalue weighted by molar-refractivity contribution is 5.88. The summed E-state index contributed by atoms with van der Waals surface area (Å²) in [6, 6.07) is 12.7. The first-order valence-corrected chi connectivity index (χ1v) is 30.0. The van der Waals surface area contributed by atoms with E-state index in [1.54, 1.807) is 0 Å². The number of benzene rings is 3. The monoisotopic (exact) mass is 1110 g/mol. The smallest absolute Gasteiger partial charge is 0.407 e. The van der Waals surface area contributed by atoms with Gasteiger partial charge in [0.25, 0.3) is 0 Å². The molecular weight excluding hydrogens is 1040 g/mol. The van der Waals surface area contributed by atoms with Gasteiger partial charge in [-0.15, -0.1) is 0 Å². The molecule has 3 aromatic carbocycles. The number of nitrogens with one attached hydrogen (secondary N) is 4. The van der Waals surface area contributed by atoms with Crippen molar-refractivity contribution in [2.75, 3.05) is 63.5 Å². The fourth-order valence-corrected chi connectivity index (χ4v) is 16.0. The van der Waals surface area contributed by atoms with Crippen LogP contribution in [0.3, 0.4) is 0 Å². The Morgan fingerprint density at radius 3 is 1.48 bits per heavy atom. The van der Waals surface area contributed by atoms with Crippen molar-refractivity contribution < 1.29 is 46.9 Å². The minimum absolute atomic E-state index is 0.0224. The van der Waals surface area contributed by atoms with Crippen LogP contribution in [0.25, 0.3) is 22.1 Å². The average molecular weight is 1120 g/mol. The number of imidazole rings is 2. The maximum atomic E-state index is 16.7. The summed E-state index contributed by atoms with van der Waals surface area (Å²) in [7, 11) is 2.63. The van der Waals surface area contributed by atoms with E-state index in [9.17, 15) is 19.2 Å². The Hall–Kier alpha value is -6.54. The van der Waals surface area contributed by atoms with E-state index in [0.29, 0.717) is 107 Å². The zero-order valence-corrected chi connectivity index (χ0v) is 46.5. The van der Waals surface area contributed by atoms with Crippen molar-refractivity contribution in [1.29, 1.82) is 0 Å². The summed E-state index contributed by atoms with van der Waals surface area (Å²) in [5, 5.41) is 5.83. The number of ether oxygens (including phenoxy) is 4. The highest BCUT2D eigenvalue weighted by Crippen LogP contribution is 2.52. The van der Waals surface area contributed by atoms with Gasteiger partial charge in [0.1, 0.15) is 29.4 Å². The van der Waals surface area contributed by atoms with Crippen molar-refractivity contribution in [1.82, 2.24) is 40.4 Å². The number of anilines is 2. The van der Waals surface area contributed by atoms with Gasteiger partial charge < -0.3 is 59.1 Å². The second-order valence-corrected chi connectivity index (χ2v) is 24.3. The second-order valence-electron chi connectivity index (χ2n) is 24.3. The number of H-pyrrole nitrogens is 2. The molecule has 6 saturated heterocycles. The van der Waals surface area contributed by atoms with Gasteiger partial charge in [0.2, 0.25) is 11.8 Å². The highest BCUT2D eigenvalue weighted by Gasteiger charge is 2.52. The van der Waals surface area contributed by atoms with Gasteiger partial charge in [-0.2, -0.15) is 0 Å². The number of amides is 4. The molecule has 20 heteroatoms. The van der Waals surface area contributed by atoms with Crippen LogP contribution in [0.4, 0.5) is 29.7 Å². The number of hydrogen-bond acceptors (Lipinski definition) is 12. The third-order valence-electron chi connectivity index (χ3n) is 19.9. The van der Waals surface area contributed by atoms with E-state index >= 15 is 8.78 Å². The summed E-state index contributed by atoms with van der Waals surface area (Å²) in [5.41, 5.74) is 5.47. The number of halogens is 2. The molecule has 432 valence electrons. The fraction of sp³-hybridized carbons (Fsp3) is 0.607. The van der Waals surface area contributed by atoms with E-state index in [1.807, 2.05) is 26.8 Å². The Bertz CT molecular complexity index is 2960. The number of fused-ring (bicyclic) bond motifs is 4. The van der Waals surface area contributed by atoms with E-state index < -0.39 is 35.9 Å². The van der Waals surface area contributed by atoms with E-state index in [-0.39, 0.29) is 65.6 Å². The minimum atomic E-state index is -0.758. The lowest BCUT2D eigenvalue weighted by Gasteiger charge is -2.36. The van der Waals surface area contributed by atoms with Crippen molar-refractivity contribution in [2.45, 2.75) is 157 Å². The second kappa shape index (κ2) is 22.7. The number of nitrogens with zero attached hydrogens (tertiary/aromatic N) is 6. The molecule has 0 spiro atoms. The SMILES string of the molecule is COC(=O)NC(C(=O)N1[C@H](c2nc3cc([C@H]4CC[C@H](c5ccc6[nH]c([C@@H]7C[C@@H]8CCC[C@@H]8N7C(=O)[C@@H](NC(=O)OC)C7CCOCC7)nc6c5)N4c4cc(F)c(N5CCCCC5)c(F)c4)ccc3[nH]2)C[C@@H]2CCC[C@@H]21)C1CCOCC1. The fourth-order valence-electron chi connectivity index (χ4n) is 16.0. The summed E-state index contributed by atoms with van der Waals surface area (Å²) < 4.78 is 54.7. The van der Waals surface area contributed by atoms with E-state index in [0.717, 1.165) is 104 Å². The van der Waals surface area contributed by atoms with Crippen LogP contribution in [0.2, 0.25) is 0 Å². The van der Waals surface area contributed by atoms with Crippen LogP contribution in [0.1, 0.15) is 156 Å². The summed E-state index contributed by atoms with van der Waals surface area (Å²) >= 11 is 0. The van der Waals surface area contributed by atoms with Crippen LogP contribution >= 0.6 is 0 Å². The van der Waals surface area contributed by atoms with Crippen molar-refractivity contribution in [3.63, 3.8) is 0 Å². The molecule has 81 heavy (non-hydrogen) atoms.